The summed E-state index contributed by atoms with van der Waals surface area (Å²) in [6.07, 6.45) is -4.38. The van der Waals surface area contributed by atoms with Crippen LogP contribution in [0, 0.1) is 6.92 Å². The summed E-state index contributed by atoms with van der Waals surface area (Å²) in [7, 11) is 3.22. The van der Waals surface area contributed by atoms with Crippen LogP contribution in [-0.2, 0) is 6.18 Å². The summed E-state index contributed by atoms with van der Waals surface area (Å²) in [6.45, 7) is 1.86. The van der Waals surface area contributed by atoms with E-state index < -0.39 is 17.7 Å². The van der Waals surface area contributed by atoms with Crippen LogP contribution >= 0.6 is 0 Å². The monoisotopic (exact) mass is 430 g/mol. The van der Waals surface area contributed by atoms with Crippen molar-refractivity contribution in [1.82, 2.24) is 0 Å². The van der Waals surface area contributed by atoms with Gasteiger partial charge < -0.3 is 20.1 Å². The second-order valence-corrected chi connectivity index (χ2v) is 6.94. The van der Waals surface area contributed by atoms with Crippen molar-refractivity contribution in [3.8, 4) is 5.75 Å². The number of hydrogen-bond acceptors (Lipinski definition) is 4. The quantitative estimate of drug-likeness (QED) is 0.485. The minimum atomic E-state index is -4.38. The Hall–Kier alpha value is -3.68. The van der Waals surface area contributed by atoms with Crippen molar-refractivity contribution in [3.63, 3.8) is 0 Å². The SMILES string of the molecule is COc1ccc(Nc2ccc(N(C)c3ccc(C(F)(F)F)cc3)cc2C)c(C(=O)O)c1. The predicted molar refractivity (Wildman–Crippen MR) is 114 cm³/mol. The molecule has 0 aromatic heterocycles. The molecule has 0 atom stereocenters. The van der Waals surface area contributed by atoms with Crippen LogP contribution < -0.4 is 15.0 Å². The van der Waals surface area contributed by atoms with E-state index in [1.807, 2.05) is 13.0 Å². The molecule has 0 aliphatic rings. The zero-order chi connectivity index (χ0) is 22.8. The lowest BCUT2D eigenvalue weighted by Gasteiger charge is -2.22. The fraction of sp³-hybridized carbons (Fsp3) is 0.174. The van der Waals surface area contributed by atoms with Crippen molar-refractivity contribution >= 4 is 28.7 Å². The molecule has 0 saturated heterocycles. The number of ether oxygens (including phenoxy) is 1. The minimum Gasteiger partial charge on any atom is -0.497 e. The first-order chi connectivity index (χ1) is 14.6. The summed E-state index contributed by atoms with van der Waals surface area (Å²) in [6, 6.07) is 15.1. The van der Waals surface area contributed by atoms with E-state index in [1.165, 1.54) is 25.3 Å². The Labute approximate surface area is 177 Å². The van der Waals surface area contributed by atoms with Gasteiger partial charge in [-0.1, -0.05) is 0 Å². The first-order valence-corrected chi connectivity index (χ1v) is 9.30. The van der Waals surface area contributed by atoms with Crippen molar-refractivity contribution in [2.75, 3.05) is 24.4 Å². The predicted octanol–water partition coefficient (Wildman–Crippen LogP) is 6.23. The van der Waals surface area contributed by atoms with E-state index in [0.717, 1.165) is 23.4 Å². The van der Waals surface area contributed by atoms with Crippen LogP contribution in [0.25, 0.3) is 0 Å². The smallest absolute Gasteiger partial charge is 0.416 e. The molecule has 0 fully saturated rings. The van der Waals surface area contributed by atoms with Crippen LogP contribution in [0.1, 0.15) is 21.5 Å². The lowest BCUT2D eigenvalue weighted by molar-refractivity contribution is -0.137. The molecule has 0 aliphatic carbocycles. The largest absolute Gasteiger partial charge is 0.497 e. The van der Waals surface area contributed by atoms with E-state index in [0.29, 0.717) is 22.8 Å². The highest BCUT2D eigenvalue weighted by atomic mass is 19.4. The van der Waals surface area contributed by atoms with E-state index >= 15 is 0 Å². The highest BCUT2D eigenvalue weighted by molar-refractivity contribution is 5.96. The topological polar surface area (TPSA) is 61.8 Å². The molecule has 31 heavy (non-hydrogen) atoms. The fourth-order valence-corrected chi connectivity index (χ4v) is 3.10. The molecule has 0 heterocycles. The maximum atomic E-state index is 12.8. The third-order valence-corrected chi connectivity index (χ3v) is 4.91. The molecule has 3 aromatic rings. The zero-order valence-corrected chi connectivity index (χ0v) is 17.1. The van der Waals surface area contributed by atoms with Gasteiger partial charge in [-0.2, -0.15) is 13.2 Å². The zero-order valence-electron chi connectivity index (χ0n) is 17.1. The maximum Gasteiger partial charge on any atom is 0.416 e. The van der Waals surface area contributed by atoms with Crippen LogP contribution in [0.2, 0.25) is 0 Å². The van der Waals surface area contributed by atoms with Gasteiger partial charge in [-0.05, 0) is 73.2 Å². The molecular weight excluding hydrogens is 409 g/mol. The molecule has 0 unspecified atom stereocenters. The number of hydrogen-bond donors (Lipinski definition) is 2. The Morgan fingerprint density at radius 3 is 2.13 bits per heavy atom. The van der Waals surface area contributed by atoms with Crippen molar-refractivity contribution in [3.05, 3.63) is 77.4 Å². The number of benzene rings is 3. The molecule has 3 aromatic carbocycles. The van der Waals surface area contributed by atoms with E-state index in [4.69, 9.17) is 4.74 Å². The highest BCUT2D eigenvalue weighted by Crippen LogP contribution is 2.33. The van der Waals surface area contributed by atoms with E-state index in [2.05, 4.69) is 5.32 Å². The summed E-state index contributed by atoms with van der Waals surface area (Å²) in [4.78, 5) is 13.3. The van der Waals surface area contributed by atoms with Crippen LogP contribution in [0.3, 0.4) is 0 Å². The third kappa shape index (κ3) is 4.91. The van der Waals surface area contributed by atoms with Crippen molar-refractivity contribution in [1.29, 1.82) is 0 Å². The van der Waals surface area contributed by atoms with Crippen LogP contribution in [0.15, 0.2) is 60.7 Å². The standard InChI is InChI=1S/C23H21F3N2O3/c1-14-12-17(28(2)16-6-4-15(5-7-16)23(24,25)26)8-10-20(14)27-21-11-9-18(31-3)13-19(21)22(29)30/h4-13,27H,1-3H3,(H,29,30). The van der Waals surface area contributed by atoms with Gasteiger partial charge >= 0.3 is 12.1 Å². The van der Waals surface area contributed by atoms with Gasteiger partial charge in [0.05, 0.1) is 23.9 Å². The van der Waals surface area contributed by atoms with Gasteiger partial charge in [0, 0.05) is 24.1 Å². The molecule has 2 N–H and O–H groups in total. The van der Waals surface area contributed by atoms with Gasteiger partial charge in [-0.15, -0.1) is 0 Å². The first kappa shape index (κ1) is 22.0. The summed E-state index contributed by atoms with van der Waals surface area (Å²) in [5.41, 5.74) is 2.71. The number of nitrogens with zero attached hydrogens (tertiary/aromatic N) is 1. The molecule has 3 rings (SSSR count). The van der Waals surface area contributed by atoms with Crippen LogP contribution in [0.5, 0.6) is 5.75 Å². The summed E-state index contributed by atoms with van der Waals surface area (Å²) in [5.74, 6) is -0.647. The summed E-state index contributed by atoms with van der Waals surface area (Å²) >= 11 is 0. The van der Waals surface area contributed by atoms with Gasteiger partial charge in [0.2, 0.25) is 0 Å². The number of carbonyl (C=O) groups is 1. The molecule has 8 heteroatoms. The van der Waals surface area contributed by atoms with Crippen molar-refractivity contribution in [2.24, 2.45) is 0 Å². The Morgan fingerprint density at radius 2 is 1.58 bits per heavy atom. The number of nitrogens with one attached hydrogen (secondary N) is 1. The van der Waals surface area contributed by atoms with E-state index in [1.54, 1.807) is 36.2 Å². The summed E-state index contributed by atoms with van der Waals surface area (Å²) < 4.78 is 43.4. The average Bonchev–Trinajstić information content (AvgIpc) is 2.74. The van der Waals surface area contributed by atoms with Gasteiger partial charge in [0.1, 0.15) is 5.75 Å². The number of rotatable bonds is 6. The van der Waals surface area contributed by atoms with Crippen molar-refractivity contribution in [2.45, 2.75) is 13.1 Å². The minimum absolute atomic E-state index is 0.0738. The molecule has 0 radical (unpaired) electrons. The number of aromatic carboxylic acids is 1. The Kier molecular flexibility index (Phi) is 6.10. The fourth-order valence-electron chi connectivity index (χ4n) is 3.10. The molecule has 0 saturated carbocycles. The van der Waals surface area contributed by atoms with Crippen LogP contribution in [-0.4, -0.2) is 25.2 Å². The van der Waals surface area contributed by atoms with E-state index in [-0.39, 0.29) is 5.56 Å². The molecule has 5 nitrogen and oxygen atoms in total. The van der Waals surface area contributed by atoms with Gasteiger partial charge in [0.25, 0.3) is 0 Å². The Morgan fingerprint density at radius 1 is 0.968 bits per heavy atom. The molecule has 0 bridgehead atoms. The molecule has 162 valence electrons. The lowest BCUT2D eigenvalue weighted by Crippen LogP contribution is -2.11. The van der Waals surface area contributed by atoms with Gasteiger partial charge in [0.15, 0.2) is 0 Å². The first-order valence-electron chi connectivity index (χ1n) is 9.30. The second-order valence-electron chi connectivity index (χ2n) is 6.94. The molecule has 0 aliphatic heterocycles. The molecule has 0 spiro atoms. The Balaban J connectivity index is 1.84. The molecular formula is C23H21F3N2O3. The Bertz CT molecular complexity index is 1100. The number of methoxy groups -OCH3 is 1. The number of carboxylic acid groups (broad SMARTS) is 1. The highest BCUT2D eigenvalue weighted by Gasteiger charge is 2.30. The van der Waals surface area contributed by atoms with Crippen molar-refractivity contribution < 1.29 is 27.8 Å². The number of carboxylic acids is 1. The number of alkyl halides is 3. The number of aryl methyl sites for hydroxylation is 1. The maximum absolute atomic E-state index is 12.8. The van der Waals surface area contributed by atoms with Gasteiger partial charge in [-0.25, -0.2) is 4.79 Å². The lowest BCUT2D eigenvalue weighted by atomic mass is 10.1. The second kappa shape index (κ2) is 8.59. The average molecular weight is 430 g/mol. The van der Waals surface area contributed by atoms with Gasteiger partial charge in [-0.3, -0.25) is 0 Å². The van der Waals surface area contributed by atoms with E-state index in [9.17, 15) is 23.1 Å². The number of halogens is 3. The summed E-state index contributed by atoms with van der Waals surface area (Å²) in [5, 5.41) is 12.6. The molecule has 0 amide bonds. The normalized spacial score (nSPS) is 11.2. The third-order valence-electron chi connectivity index (χ3n) is 4.91. The van der Waals surface area contributed by atoms with Crippen LogP contribution in [0.4, 0.5) is 35.9 Å². The number of anilines is 4.